The van der Waals surface area contributed by atoms with Crippen LogP contribution in [0.5, 0.6) is 5.75 Å². The first-order valence-electron chi connectivity index (χ1n) is 8.25. The van der Waals surface area contributed by atoms with Crippen LogP contribution in [0.4, 0.5) is 9.18 Å². The average Bonchev–Trinajstić information content (AvgIpc) is 2.67. The molecule has 0 aliphatic heterocycles. The number of hydrogen-bond donors (Lipinski definition) is 1. The molecule has 0 saturated heterocycles. The van der Waals surface area contributed by atoms with Crippen LogP contribution >= 0.6 is 0 Å². The number of carbonyl (C=O) groups is 1. The van der Waals surface area contributed by atoms with Gasteiger partial charge in [0, 0.05) is 0 Å². The quantitative estimate of drug-likeness (QED) is 0.722. The summed E-state index contributed by atoms with van der Waals surface area (Å²) in [6, 6.07) is 21.1. The molecule has 5 heteroatoms. The first kappa shape index (κ1) is 18.2. The molecule has 0 bridgehead atoms. The molecule has 133 valence electrons. The van der Waals surface area contributed by atoms with E-state index in [2.05, 4.69) is 0 Å². The molecule has 0 atom stereocenters. The predicted molar refractivity (Wildman–Crippen MR) is 100 cm³/mol. The van der Waals surface area contributed by atoms with Gasteiger partial charge in [0.1, 0.15) is 17.6 Å². The van der Waals surface area contributed by atoms with Crippen molar-refractivity contribution >= 4 is 6.09 Å². The van der Waals surface area contributed by atoms with Crippen molar-refractivity contribution in [3.8, 4) is 22.9 Å². The molecule has 0 aliphatic carbocycles. The Bertz CT molecular complexity index is 1010. The Morgan fingerprint density at radius 2 is 1.78 bits per heavy atom. The van der Waals surface area contributed by atoms with Crippen LogP contribution in [-0.2, 0) is 6.42 Å². The highest BCUT2D eigenvalue weighted by molar-refractivity contribution is 5.72. The minimum absolute atomic E-state index is 0.0108. The number of nitrogens with zero attached hydrogens (tertiary/aromatic N) is 1. The SMILES string of the molecule is N#Cc1ccc(-c2ccc(OC(N)=O)c([CH]Cc3ccccc3)c2)cc1F. The summed E-state index contributed by atoms with van der Waals surface area (Å²) >= 11 is 0. The molecule has 0 unspecified atom stereocenters. The summed E-state index contributed by atoms with van der Waals surface area (Å²) in [5.41, 5.74) is 8.25. The standard InChI is InChI=1S/C22H16FN2O2/c23-20-13-17(8-9-19(20)14-24)16-10-11-21(27-22(25)26)18(12-16)7-6-15-4-2-1-3-5-15/h1-5,7-13H,6H2,(H2,25,26). The van der Waals surface area contributed by atoms with E-state index in [9.17, 15) is 9.18 Å². The smallest absolute Gasteiger partial charge is 0.409 e. The highest BCUT2D eigenvalue weighted by atomic mass is 19.1. The van der Waals surface area contributed by atoms with E-state index in [1.54, 1.807) is 30.3 Å². The highest BCUT2D eigenvalue weighted by Gasteiger charge is 2.11. The molecule has 0 saturated carbocycles. The maximum atomic E-state index is 13.9. The number of amides is 1. The number of nitriles is 1. The van der Waals surface area contributed by atoms with Gasteiger partial charge in [0.25, 0.3) is 0 Å². The van der Waals surface area contributed by atoms with Gasteiger partial charge in [-0.05, 0) is 59.4 Å². The Balaban J connectivity index is 1.93. The molecule has 0 aromatic heterocycles. The summed E-state index contributed by atoms with van der Waals surface area (Å²) in [4.78, 5) is 11.2. The second-order valence-corrected chi connectivity index (χ2v) is 5.87. The van der Waals surface area contributed by atoms with E-state index < -0.39 is 11.9 Å². The lowest BCUT2D eigenvalue weighted by Gasteiger charge is -2.12. The van der Waals surface area contributed by atoms with Gasteiger partial charge in [0.15, 0.2) is 0 Å². The lowest BCUT2D eigenvalue weighted by Crippen LogP contribution is -2.17. The fourth-order valence-corrected chi connectivity index (χ4v) is 2.72. The Labute approximate surface area is 156 Å². The van der Waals surface area contributed by atoms with Crippen LogP contribution in [-0.4, -0.2) is 6.09 Å². The summed E-state index contributed by atoms with van der Waals surface area (Å²) in [6.45, 7) is 0. The summed E-state index contributed by atoms with van der Waals surface area (Å²) in [5.74, 6) is -0.251. The van der Waals surface area contributed by atoms with Crippen LogP contribution in [0.25, 0.3) is 11.1 Å². The van der Waals surface area contributed by atoms with Gasteiger partial charge in [-0.1, -0.05) is 42.5 Å². The molecule has 1 amide bonds. The van der Waals surface area contributed by atoms with Gasteiger partial charge >= 0.3 is 6.09 Å². The van der Waals surface area contributed by atoms with E-state index in [1.165, 1.54) is 12.1 Å². The number of carbonyl (C=O) groups excluding carboxylic acids is 1. The zero-order chi connectivity index (χ0) is 19.2. The van der Waals surface area contributed by atoms with Gasteiger partial charge in [-0.2, -0.15) is 5.26 Å². The largest absolute Gasteiger partial charge is 0.410 e. The summed E-state index contributed by atoms with van der Waals surface area (Å²) in [5, 5.41) is 8.87. The summed E-state index contributed by atoms with van der Waals surface area (Å²) in [7, 11) is 0. The fourth-order valence-electron chi connectivity index (χ4n) is 2.72. The van der Waals surface area contributed by atoms with Crippen molar-refractivity contribution < 1.29 is 13.9 Å². The number of rotatable bonds is 5. The number of hydrogen-bond acceptors (Lipinski definition) is 3. The Morgan fingerprint density at radius 3 is 2.44 bits per heavy atom. The number of nitrogens with two attached hydrogens (primary N) is 1. The summed E-state index contributed by atoms with van der Waals surface area (Å²) < 4.78 is 19.0. The maximum absolute atomic E-state index is 13.9. The fraction of sp³-hybridized carbons (Fsp3) is 0.0455. The highest BCUT2D eigenvalue weighted by Crippen LogP contribution is 2.29. The monoisotopic (exact) mass is 359 g/mol. The van der Waals surface area contributed by atoms with Gasteiger partial charge in [-0.15, -0.1) is 0 Å². The lowest BCUT2D eigenvalue weighted by atomic mass is 9.97. The van der Waals surface area contributed by atoms with Crippen LogP contribution in [0.15, 0.2) is 66.7 Å². The van der Waals surface area contributed by atoms with Crippen molar-refractivity contribution in [3.05, 3.63) is 95.7 Å². The van der Waals surface area contributed by atoms with E-state index in [0.29, 0.717) is 23.3 Å². The number of primary amides is 1. The van der Waals surface area contributed by atoms with Gasteiger partial charge in [-0.3, -0.25) is 0 Å². The molecule has 3 aromatic rings. The van der Waals surface area contributed by atoms with Gasteiger partial charge < -0.3 is 10.5 Å². The molecule has 27 heavy (non-hydrogen) atoms. The van der Waals surface area contributed by atoms with E-state index in [1.807, 2.05) is 36.8 Å². The van der Waals surface area contributed by atoms with Crippen LogP contribution in [0, 0.1) is 23.6 Å². The lowest BCUT2D eigenvalue weighted by molar-refractivity contribution is 0.210. The van der Waals surface area contributed by atoms with E-state index >= 15 is 0 Å². The Morgan fingerprint density at radius 1 is 1.07 bits per heavy atom. The average molecular weight is 359 g/mol. The zero-order valence-electron chi connectivity index (χ0n) is 14.4. The van der Waals surface area contributed by atoms with Crippen LogP contribution in [0.3, 0.4) is 0 Å². The van der Waals surface area contributed by atoms with Crippen LogP contribution in [0.1, 0.15) is 16.7 Å². The number of ether oxygens (including phenoxy) is 1. The van der Waals surface area contributed by atoms with Gasteiger partial charge in [-0.25, -0.2) is 9.18 Å². The molecule has 2 N–H and O–H groups in total. The molecule has 3 rings (SSSR count). The minimum Gasteiger partial charge on any atom is -0.410 e. The topological polar surface area (TPSA) is 76.1 Å². The van der Waals surface area contributed by atoms with Crippen molar-refractivity contribution in [2.45, 2.75) is 6.42 Å². The number of halogens is 1. The van der Waals surface area contributed by atoms with E-state index in [4.69, 9.17) is 15.7 Å². The molecule has 1 radical (unpaired) electrons. The van der Waals surface area contributed by atoms with Crippen molar-refractivity contribution in [1.29, 1.82) is 5.26 Å². The third kappa shape index (κ3) is 4.50. The van der Waals surface area contributed by atoms with Crippen LogP contribution < -0.4 is 10.5 Å². The second kappa shape index (κ2) is 8.15. The first-order valence-corrected chi connectivity index (χ1v) is 8.25. The molecule has 0 aliphatic rings. The van der Waals surface area contributed by atoms with Crippen molar-refractivity contribution in [1.82, 2.24) is 0 Å². The van der Waals surface area contributed by atoms with E-state index in [0.717, 1.165) is 11.1 Å². The molecule has 0 fully saturated rings. The molecule has 0 heterocycles. The number of benzene rings is 3. The normalized spacial score (nSPS) is 10.2. The van der Waals surface area contributed by atoms with Crippen molar-refractivity contribution in [2.75, 3.05) is 0 Å². The third-order valence-electron chi connectivity index (χ3n) is 4.04. The van der Waals surface area contributed by atoms with Crippen LogP contribution in [0.2, 0.25) is 0 Å². The zero-order valence-corrected chi connectivity index (χ0v) is 14.4. The molecule has 4 nitrogen and oxygen atoms in total. The maximum Gasteiger partial charge on any atom is 0.409 e. The third-order valence-corrected chi connectivity index (χ3v) is 4.04. The van der Waals surface area contributed by atoms with Crippen molar-refractivity contribution in [2.24, 2.45) is 5.73 Å². The Kier molecular flexibility index (Phi) is 5.48. The molecule has 0 spiro atoms. The van der Waals surface area contributed by atoms with Gasteiger partial charge in [0.05, 0.1) is 5.56 Å². The van der Waals surface area contributed by atoms with Crippen molar-refractivity contribution in [3.63, 3.8) is 0 Å². The molecular weight excluding hydrogens is 343 g/mol. The predicted octanol–water partition coefficient (Wildman–Crippen LogP) is 4.62. The molecular formula is C22H16FN2O2. The van der Waals surface area contributed by atoms with E-state index in [-0.39, 0.29) is 5.56 Å². The summed E-state index contributed by atoms with van der Waals surface area (Å²) in [6.07, 6.45) is 1.64. The first-order chi connectivity index (χ1) is 13.1. The van der Waals surface area contributed by atoms with Gasteiger partial charge in [0.2, 0.25) is 0 Å². The Hall–Kier alpha value is -3.65. The second-order valence-electron chi connectivity index (χ2n) is 5.87. The minimum atomic E-state index is -0.901. The molecule has 3 aromatic carbocycles.